The Hall–Kier alpha value is -3.81. The molecule has 6 nitrogen and oxygen atoms in total. The highest BCUT2D eigenvalue weighted by molar-refractivity contribution is 5.78. The summed E-state index contributed by atoms with van der Waals surface area (Å²) >= 11 is 0. The molecule has 1 fully saturated rings. The molecule has 1 saturated carbocycles. The molecule has 0 bridgehead atoms. The van der Waals surface area contributed by atoms with E-state index in [9.17, 15) is 4.79 Å². The van der Waals surface area contributed by atoms with Crippen LogP contribution in [0.2, 0.25) is 0 Å². The van der Waals surface area contributed by atoms with E-state index in [1.165, 1.54) is 196 Å². The number of carbonyl (C=O) groups is 1. The van der Waals surface area contributed by atoms with Crippen molar-refractivity contribution in [1.82, 2.24) is 0 Å². The van der Waals surface area contributed by atoms with Gasteiger partial charge in [-0.3, -0.25) is 4.79 Å². The van der Waals surface area contributed by atoms with E-state index in [2.05, 4.69) is 135 Å². The fourth-order valence-corrected chi connectivity index (χ4v) is 12.7. The minimum absolute atomic E-state index is 0.0493. The summed E-state index contributed by atoms with van der Waals surface area (Å²) in [6.45, 7) is 13.7. The van der Waals surface area contributed by atoms with Crippen LogP contribution in [0.1, 0.15) is 242 Å². The molecule has 3 unspecified atom stereocenters. The Kier molecular flexibility index (Phi) is 35.1. The number of hydrogen-bond acceptors (Lipinski definition) is 6. The molecule has 0 N–H and O–H groups in total. The molecule has 0 saturated heterocycles. The van der Waals surface area contributed by atoms with Gasteiger partial charge in [0.15, 0.2) is 0 Å². The monoisotopic (exact) mass is 1080 g/mol. The lowest BCUT2D eigenvalue weighted by atomic mass is 9.78. The summed E-state index contributed by atoms with van der Waals surface area (Å²) in [6, 6.07) is 42.1. The Morgan fingerprint density at radius 3 is 1.08 bits per heavy atom. The largest absolute Gasteiger partial charge is 0.466 e. The third-order valence-corrected chi connectivity index (χ3v) is 17.3. The molecular weight excluding hydrogens is 973 g/mol. The zero-order valence-electron chi connectivity index (χ0n) is 50.5. The van der Waals surface area contributed by atoms with E-state index in [1.54, 1.807) is 0 Å². The lowest BCUT2D eigenvalue weighted by Gasteiger charge is -2.27. The van der Waals surface area contributed by atoms with Crippen molar-refractivity contribution in [2.24, 2.45) is 28.6 Å². The van der Waals surface area contributed by atoms with E-state index in [4.69, 9.17) is 23.7 Å². The molecule has 0 amide bonds. The SMILES string of the molecule is CCOC(=O)C1C(C(CCCCCOCc2ccccc2)CCCC(C)(C)CCCCCCCCCOCc2ccccc2)C1(CCCCCCCCCOCc1ccccc1)CCCCCCCCCOCc1ccccc1. The van der Waals surface area contributed by atoms with Crippen LogP contribution in [0.3, 0.4) is 0 Å². The van der Waals surface area contributed by atoms with E-state index in [0.29, 0.717) is 43.7 Å². The Labute approximate surface area is 483 Å². The average Bonchev–Trinajstić information content (AvgIpc) is 4.30. The minimum atomic E-state index is 0.0493. The van der Waals surface area contributed by atoms with Crippen LogP contribution in [0.15, 0.2) is 121 Å². The van der Waals surface area contributed by atoms with E-state index in [0.717, 1.165) is 58.7 Å². The number of benzene rings is 4. The van der Waals surface area contributed by atoms with Crippen molar-refractivity contribution in [3.8, 4) is 0 Å². The maximum Gasteiger partial charge on any atom is 0.309 e. The van der Waals surface area contributed by atoms with Crippen LogP contribution in [-0.4, -0.2) is 39.0 Å². The van der Waals surface area contributed by atoms with Gasteiger partial charge in [-0.15, -0.1) is 0 Å². The molecule has 440 valence electrons. The fraction of sp³-hybridized carbons (Fsp3) is 0.658. The van der Waals surface area contributed by atoms with Crippen LogP contribution in [0, 0.1) is 28.6 Å². The van der Waals surface area contributed by atoms with E-state index in [-0.39, 0.29) is 17.3 Å². The molecule has 4 aromatic carbocycles. The van der Waals surface area contributed by atoms with Crippen LogP contribution >= 0.6 is 0 Å². The molecule has 4 aromatic rings. The first-order chi connectivity index (χ1) is 38.9. The van der Waals surface area contributed by atoms with Gasteiger partial charge >= 0.3 is 5.97 Å². The summed E-state index contributed by atoms with van der Waals surface area (Å²) in [5.74, 6) is 1.15. The number of ether oxygens (including phenoxy) is 5. The fourth-order valence-electron chi connectivity index (χ4n) is 12.7. The predicted molar refractivity (Wildman–Crippen MR) is 331 cm³/mol. The van der Waals surface area contributed by atoms with Crippen molar-refractivity contribution < 1.29 is 28.5 Å². The molecule has 1 aliphatic rings. The van der Waals surface area contributed by atoms with Crippen LogP contribution in [-0.2, 0) is 54.9 Å². The first kappa shape index (κ1) is 66.0. The summed E-state index contributed by atoms with van der Waals surface area (Å²) in [5, 5.41) is 0. The van der Waals surface area contributed by atoms with E-state index < -0.39 is 0 Å². The maximum atomic E-state index is 14.3. The maximum absolute atomic E-state index is 14.3. The van der Waals surface area contributed by atoms with Gasteiger partial charge in [-0.1, -0.05) is 283 Å². The second-order valence-electron chi connectivity index (χ2n) is 24.5. The highest BCUT2D eigenvalue weighted by Crippen LogP contribution is 2.69. The van der Waals surface area contributed by atoms with E-state index in [1.807, 2.05) is 6.92 Å². The van der Waals surface area contributed by atoms with Gasteiger partial charge in [-0.05, 0) is 103 Å². The molecule has 3 atom stereocenters. The van der Waals surface area contributed by atoms with Gasteiger partial charge in [-0.2, -0.15) is 0 Å². The normalized spacial score (nSPS) is 15.3. The van der Waals surface area contributed by atoms with Crippen LogP contribution in [0.5, 0.6) is 0 Å². The molecule has 1 aliphatic carbocycles. The Morgan fingerprint density at radius 1 is 0.405 bits per heavy atom. The van der Waals surface area contributed by atoms with Gasteiger partial charge in [0, 0.05) is 26.4 Å². The second kappa shape index (κ2) is 42.1. The van der Waals surface area contributed by atoms with Crippen molar-refractivity contribution in [3.63, 3.8) is 0 Å². The van der Waals surface area contributed by atoms with Crippen molar-refractivity contribution in [3.05, 3.63) is 144 Å². The van der Waals surface area contributed by atoms with Crippen LogP contribution in [0.25, 0.3) is 0 Å². The second-order valence-corrected chi connectivity index (χ2v) is 24.5. The van der Waals surface area contributed by atoms with Crippen molar-refractivity contribution in [2.75, 3.05) is 33.0 Å². The zero-order valence-corrected chi connectivity index (χ0v) is 50.5. The molecule has 5 rings (SSSR count). The summed E-state index contributed by atoms with van der Waals surface area (Å²) in [4.78, 5) is 14.3. The molecule has 0 spiro atoms. The number of rotatable bonds is 51. The quantitative estimate of drug-likeness (QED) is 0.0324. The smallest absolute Gasteiger partial charge is 0.309 e. The first-order valence-corrected chi connectivity index (χ1v) is 32.5. The third-order valence-electron chi connectivity index (χ3n) is 17.3. The predicted octanol–water partition coefficient (Wildman–Crippen LogP) is 20.4. The molecule has 6 heteroatoms. The van der Waals surface area contributed by atoms with Crippen LogP contribution in [0.4, 0.5) is 0 Å². The summed E-state index contributed by atoms with van der Waals surface area (Å²) < 4.78 is 30.1. The highest BCUT2D eigenvalue weighted by Gasteiger charge is 2.68. The Bertz CT molecular complexity index is 1960. The Balaban J connectivity index is 1.11. The van der Waals surface area contributed by atoms with Crippen molar-refractivity contribution in [2.45, 2.75) is 246 Å². The van der Waals surface area contributed by atoms with Crippen molar-refractivity contribution >= 4 is 5.97 Å². The molecule has 79 heavy (non-hydrogen) atoms. The number of hydrogen-bond donors (Lipinski definition) is 0. The molecule has 0 heterocycles. The first-order valence-electron chi connectivity index (χ1n) is 32.5. The number of carbonyl (C=O) groups excluding carboxylic acids is 1. The zero-order chi connectivity index (χ0) is 55.6. The highest BCUT2D eigenvalue weighted by atomic mass is 16.5. The van der Waals surface area contributed by atoms with Gasteiger partial charge in [0.2, 0.25) is 0 Å². The number of unbranched alkanes of at least 4 members (excludes halogenated alkanes) is 20. The Morgan fingerprint density at radius 2 is 0.709 bits per heavy atom. The van der Waals surface area contributed by atoms with E-state index >= 15 is 0 Å². The summed E-state index contributed by atoms with van der Waals surface area (Å²) in [7, 11) is 0. The average molecular weight is 1090 g/mol. The molecule has 0 radical (unpaired) electrons. The van der Waals surface area contributed by atoms with Gasteiger partial charge in [-0.25, -0.2) is 0 Å². The molecule has 0 aliphatic heterocycles. The van der Waals surface area contributed by atoms with Gasteiger partial charge in [0.1, 0.15) is 0 Å². The lowest BCUT2D eigenvalue weighted by molar-refractivity contribution is -0.146. The molecule has 0 aromatic heterocycles. The summed E-state index contributed by atoms with van der Waals surface area (Å²) in [6.07, 6.45) is 38.6. The van der Waals surface area contributed by atoms with Gasteiger partial charge < -0.3 is 23.7 Å². The minimum Gasteiger partial charge on any atom is -0.466 e. The summed E-state index contributed by atoms with van der Waals surface area (Å²) in [5.41, 5.74) is 5.42. The van der Waals surface area contributed by atoms with Crippen LogP contribution < -0.4 is 0 Å². The van der Waals surface area contributed by atoms with Gasteiger partial charge in [0.05, 0.1) is 39.0 Å². The van der Waals surface area contributed by atoms with Crippen molar-refractivity contribution in [1.29, 1.82) is 0 Å². The third kappa shape index (κ3) is 29.1. The lowest BCUT2D eigenvalue weighted by Crippen LogP contribution is -2.15. The number of esters is 1. The molecular formula is C73H112O6. The standard InChI is InChI=1S/C73H112O6/c1-4-79-71(74)70-69(73(70,54-35-15-9-6-12-18-38-57-76-61-65-44-27-21-28-45-65)55-36-16-10-7-13-19-39-58-77-62-66-46-29-22-30-47-66)68(50-33-24-40-59-78-63-67-48-31-23-32-49-67)51-41-53-72(2,3)52-34-14-8-5-11-17-37-56-75-60-64-42-25-20-26-43-64/h20-23,25-32,42-49,68-70H,4-19,24,33-41,50-63H2,1-3H3. The topological polar surface area (TPSA) is 63.2 Å². The van der Waals surface area contributed by atoms with Gasteiger partial charge in [0.25, 0.3) is 0 Å².